The van der Waals surface area contributed by atoms with Crippen molar-refractivity contribution in [2.45, 2.75) is 25.9 Å². The number of nitrogens with two attached hydrogens (primary N) is 1. The van der Waals surface area contributed by atoms with Gasteiger partial charge in [-0.1, -0.05) is 30.3 Å². The fourth-order valence-electron chi connectivity index (χ4n) is 1.81. The van der Waals surface area contributed by atoms with E-state index in [1.807, 2.05) is 42.5 Å². The van der Waals surface area contributed by atoms with Crippen molar-refractivity contribution in [3.05, 3.63) is 48.2 Å². The predicted octanol–water partition coefficient (Wildman–Crippen LogP) is 2.30. The zero-order valence-electron chi connectivity index (χ0n) is 11.7. The van der Waals surface area contributed by atoms with E-state index in [0.717, 1.165) is 11.3 Å². The molecule has 1 aromatic heterocycles. The molecule has 0 fully saturated rings. The van der Waals surface area contributed by atoms with Crippen molar-refractivity contribution in [2.75, 3.05) is 0 Å². The van der Waals surface area contributed by atoms with E-state index < -0.39 is 18.0 Å². The third-order valence-corrected chi connectivity index (χ3v) is 3.00. The summed E-state index contributed by atoms with van der Waals surface area (Å²) in [5.74, 6) is 0.314. The minimum atomic E-state index is -0.908. The summed E-state index contributed by atoms with van der Waals surface area (Å²) < 4.78 is 10.5. The van der Waals surface area contributed by atoms with Crippen LogP contribution in [-0.2, 0) is 20.7 Å². The number of amides is 1. The largest absolute Gasteiger partial charge is 0.461 e. The summed E-state index contributed by atoms with van der Waals surface area (Å²) in [4.78, 5) is 22.3. The Hall–Kier alpha value is -2.56. The van der Waals surface area contributed by atoms with Crippen LogP contribution in [0.5, 0.6) is 0 Å². The number of hydrogen-bond donors (Lipinski definition) is 1. The highest BCUT2D eigenvalue weighted by Crippen LogP contribution is 2.22. The van der Waals surface area contributed by atoms with Gasteiger partial charge >= 0.3 is 5.97 Å². The Morgan fingerprint density at radius 2 is 1.90 bits per heavy atom. The summed E-state index contributed by atoms with van der Waals surface area (Å²) in [5.41, 5.74) is 6.00. The number of aryl methyl sites for hydroxylation is 1. The summed E-state index contributed by atoms with van der Waals surface area (Å²) >= 11 is 0. The van der Waals surface area contributed by atoms with E-state index in [1.165, 1.54) is 6.92 Å². The molecule has 0 bridgehead atoms. The quantitative estimate of drug-likeness (QED) is 0.826. The summed E-state index contributed by atoms with van der Waals surface area (Å²) in [6.07, 6.45) is -0.356. The van der Waals surface area contributed by atoms with Gasteiger partial charge in [0.2, 0.25) is 0 Å². The second kappa shape index (κ2) is 6.74. The van der Waals surface area contributed by atoms with Gasteiger partial charge in [0.1, 0.15) is 11.5 Å². The number of hydrogen-bond acceptors (Lipinski definition) is 4. The maximum absolute atomic E-state index is 11.5. The number of carbonyl (C=O) groups excluding carboxylic acids is 2. The highest BCUT2D eigenvalue weighted by molar-refractivity contribution is 5.81. The Labute approximate surface area is 122 Å². The van der Waals surface area contributed by atoms with Gasteiger partial charge in [-0.15, -0.1) is 0 Å². The average molecular weight is 287 g/mol. The zero-order chi connectivity index (χ0) is 15.2. The lowest BCUT2D eigenvalue weighted by Gasteiger charge is -2.08. The van der Waals surface area contributed by atoms with E-state index in [0.29, 0.717) is 12.2 Å². The van der Waals surface area contributed by atoms with Gasteiger partial charge in [0.25, 0.3) is 5.91 Å². The van der Waals surface area contributed by atoms with Crippen molar-refractivity contribution < 1.29 is 18.7 Å². The number of ether oxygens (including phenoxy) is 1. The molecule has 2 N–H and O–H groups in total. The van der Waals surface area contributed by atoms with E-state index >= 15 is 0 Å². The fourth-order valence-corrected chi connectivity index (χ4v) is 1.81. The van der Waals surface area contributed by atoms with Crippen molar-refractivity contribution >= 4 is 11.9 Å². The Kier molecular flexibility index (Phi) is 4.77. The highest BCUT2D eigenvalue weighted by atomic mass is 16.5. The second-order valence-electron chi connectivity index (χ2n) is 4.67. The van der Waals surface area contributed by atoms with E-state index in [-0.39, 0.29) is 6.42 Å². The number of benzene rings is 1. The topological polar surface area (TPSA) is 82.5 Å². The van der Waals surface area contributed by atoms with Gasteiger partial charge in [0, 0.05) is 12.0 Å². The molecule has 1 heterocycles. The molecule has 1 unspecified atom stereocenters. The van der Waals surface area contributed by atoms with Crippen LogP contribution in [0.15, 0.2) is 46.9 Å². The fraction of sp³-hybridized carbons (Fsp3) is 0.250. The van der Waals surface area contributed by atoms with Gasteiger partial charge < -0.3 is 14.9 Å². The molecule has 5 nitrogen and oxygen atoms in total. The SMILES string of the molecule is CC(OC(=O)CCc1ccc(-c2ccccc2)o1)C(N)=O. The van der Waals surface area contributed by atoms with E-state index in [4.69, 9.17) is 14.9 Å². The summed E-state index contributed by atoms with van der Waals surface area (Å²) in [7, 11) is 0. The molecule has 1 atom stereocenters. The Morgan fingerprint density at radius 1 is 1.19 bits per heavy atom. The first-order valence-electron chi connectivity index (χ1n) is 6.69. The van der Waals surface area contributed by atoms with E-state index in [2.05, 4.69) is 0 Å². The van der Waals surface area contributed by atoms with Gasteiger partial charge in [0.05, 0.1) is 6.42 Å². The third-order valence-electron chi connectivity index (χ3n) is 3.00. The van der Waals surface area contributed by atoms with Crippen molar-refractivity contribution in [1.82, 2.24) is 0 Å². The standard InChI is InChI=1S/C16H17NO4/c1-11(16(17)19)20-15(18)10-8-13-7-9-14(21-13)12-5-3-2-4-6-12/h2-7,9,11H,8,10H2,1H3,(H2,17,19). The molecule has 0 radical (unpaired) electrons. The van der Waals surface area contributed by atoms with Crippen LogP contribution >= 0.6 is 0 Å². The molecule has 0 saturated heterocycles. The lowest BCUT2D eigenvalue weighted by Crippen LogP contribution is -2.30. The molecule has 0 aliphatic heterocycles. The van der Waals surface area contributed by atoms with Gasteiger partial charge in [-0.25, -0.2) is 0 Å². The highest BCUT2D eigenvalue weighted by Gasteiger charge is 2.15. The molecule has 0 aliphatic carbocycles. The van der Waals surface area contributed by atoms with Crippen LogP contribution in [0.3, 0.4) is 0 Å². The molecule has 0 saturated carbocycles. The molecule has 2 rings (SSSR count). The Balaban J connectivity index is 1.89. The van der Waals surface area contributed by atoms with Crippen molar-refractivity contribution in [2.24, 2.45) is 5.73 Å². The molecule has 21 heavy (non-hydrogen) atoms. The van der Waals surface area contributed by atoms with Crippen LogP contribution in [0, 0.1) is 0 Å². The first-order valence-corrected chi connectivity index (χ1v) is 6.69. The molecule has 110 valence electrons. The van der Waals surface area contributed by atoms with E-state index in [1.54, 1.807) is 0 Å². The first kappa shape index (κ1) is 14.8. The van der Waals surface area contributed by atoms with Crippen LogP contribution in [0.1, 0.15) is 19.1 Å². The van der Waals surface area contributed by atoms with Crippen molar-refractivity contribution in [3.63, 3.8) is 0 Å². The maximum atomic E-state index is 11.5. The smallest absolute Gasteiger partial charge is 0.307 e. The number of esters is 1. The molecule has 5 heteroatoms. The molecule has 0 aliphatic rings. The lowest BCUT2D eigenvalue weighted by molar-refractivity contribution is -0.153. The van der Waals surface area contributed by atoms with Gasteiger partial charge in [0.15, 0.2) is 6.10 Å². The summed E-state index contributed by atoms with van der Waals surface area (Å²) in [6, 6.07) is 13.4. The zero-order valence-corrected chi connectivity index (χ0v) is 11.7. The second-order valence-corrected chi connectivity index (χ2v) is 4.67. The first-order chi connectivity index (χ1) is 10.1. The van der Waals surface area contributed by atoms with Crippen LogP contribution in [0.25, 0.3) is 11.3 Å². The van der Waals surface area contributed by atoms with Crippen LogP contribution in [0.2, 0.25) is 0 Å². The van der Waals surface area contributed by atoms with Gasteiger partial charge in [-0.3, -0.25) is 9.59 Å². The van der Waals surface area contributed by atoms with Gasteiger partial charge in [-0.2, -0.15) is 0 Å². The molecule has 1 aromatic carbocycles. The Morgan fingerprint density at radius 3 is 2.57 bits per heavy atom. The lowest BCUT2D eigenvalue weighted by atomic mass is 10.2. The number of primary amides is 1. The van der Waals surface area contributed by atoms with Crippen molar-refractivity contribution in [1.29, 1.82) is 0 Å². The summed E-state index contributed by atoms with van der Waals surface area (Å²) in [6.45, 7) is 1.45. The van der Waals surface area contributed by atoms with E-state index in [9.17, 15) is 9.59 Å². The predicted molar refractivity (Wildman–Crippen MR) is 77.2 cm³/mol. The molecular formula is C16H17NO4. The molecule has 1 amide bonds. The maximum Gasteiger partial charge on any atom is 0.307 e. The van der Waals surface area contributed by atoms with Crippen LogP contribution in [0.4, 0.5) is 0 Å². The molecule has 2 aromatic rings. The minimum absolute atomic E-state index is 0.138. The van der Waals surface area contributed by atoms with Crippen molar-refractivity contribution in [3.8, 4) is 11.3 Å². The van der Waals surface area contributed by atoms with Crippen LogP contribution in [-0.4, -0.2) is 18.0 Å². The Bertz CT molecular complexity index is 618. The summed E-state index contributed by atoms with van der Waals surface area (Å²) in [5, 5.41) is 0. The van der Waals surface area contributed by atoms with Gasteiger partial charge in [-0.05, 0) is 19.1 Å². The monoisotopic (exact) mass is 287 g/mol. The average Bonchev–Trinajstić information content (AvgIpc) is 2.95. The number of furan rings is 1. The number of carbonyl (C=O) groups is 2. The molecular weight excluding hydrogens is 270 g/mol. The molecule has 0 spiro atoms. The van der Waals surface area contributed by atoms with Crippen LogP contribution < -0.4 is 5.73 Å². The normalized spacial score (nSPS) is 11.9. The number of rotatable bonds is 6. The minimum Gasteiger partial charge on any atom is -0.461 e. The third kappa shape index (κ3) is 4.21.